The van der Waals surface area contributed by atoms with Crippen LogP contribution in [0, 0.1) is 5.92 Å². The van der Waals surface area contributed by atoms with Crippen molar-refractivity contribution in [2.24, 2.45) is 5.92 Å². The second-order valence-electron chi connectivity index (χ2n) is 7.59. The zero-order chi connectivity index (χ0) is 17.4. The minimum Gasteiger partial charge on any atom is -0.413 e. The predicted octanol–water partition coefficient (Wildman–Crippen LogP) is 4.91. The number of halogens is 1. The first-order valence-corrected chi connectivity index (χ1v) is 12.1. The number of hydrogen-bond donors (Lipinski definition) is 1. The predicted molar refractivity (Wildman–Crippen MR) is 100 cm³/mol. The molecule has 1 N–H and O–H groups in total. The molecule has 1 amide bonds. The molecular formula is C17H26ClNO2SSi. The minimum atomic E-state index is -1.89. The van der Waals surface area contributed by atoms with Gasteiger partial charge in [0.2, 0.25) is 5.91 Å². The molecule has 0 spiro atoms. The van der Waals surface area contributed by atoms with Crippen molar-refractivity contribution in [3.05, 3.63) is 29.3 Å². The summed E-state index contributed by atoms with van der Waals surface area (Å²) in [6.45, 7) is 13.1. The summed E-state index contributed by atoms with van der Waals surface area (Å²) in [4.78, 5) is 13.1. The molecule has 6 heteroatoms. The van der Waals surface area contributed by atoms with E-state index in [0.717, 1.165) is 9.92 Å². The van der Waals surface area contributed by atoms with E-state index >= 15 is 0 Å². The minimum absolute atomic E-state index is 0.0159. The lowest BCUT2D eigenvalue weighted by Crippen LogP contribution is -2.62. The van der Waals surface area contributed by atoms with Crippen molar-refractivity contribution >= 4 is 37.6 Å². The molecule has 0 radical (unpaired) electrons. The van der Waals surface area contributed by atoms with Crippen molar-refractivity contribution < 1.29 is 9.22 Å². The highest BCUT2D eigenvalue weighted by atomic mass is 35.5. The Morgan fingerprint density at radius 2 is 1.91 bits per heavy atom. The Bertz CT molecular complexity index is 588. The molecule has 0 bridgehead atoms. The molecule has 1 aromatic rings. The highest BCUT2D eigenvalue weighted by Crippen LogP contribution is 2.41. The van der Waals surface area contributed by atoms with E-state index in [1.165, 1.54) is 0 Å². The van der Waals surface area contributed by atoms with Gasteiger partial charge in [0, 0.05) is 4.90 Å². The Kier molecular flexibility index (Phi) is 5.56. The Hall–Kier alpha value is -0.493. The van der Waals surface area contributed by atoms with Crippen LogP contribution in [0.5, 0.6) is 0 Å². The smallest absolute Gasteiger partial charge is 0.229 e. The molecule has 0 saturated carbocycles. The van der Waals surface area contributed by atoms with Gasteiger partial charge in [-0.1, -0.05) is 56.3 Å². The molecule has 3 atom stereocenters. The zero-order valence-corrected chi connectivity index (χ0v) is 17.2. The number of amides is 1. The Morgan fingerprint density at radius 1 is 1.30 bits per heavy atom. The highest BCUT2D eigenvalue weighted by Gasteiger charge is 2.47. The van der Waals surface area contributed by atoms with E-state index < -0.39 is 8.32 Å². The maximum Gasteiger partial charge on any atom is 0.229 e. The van der Waals surface area contributed by atoms with E-state index in [9.17, 15) is 4.79 Å². The van der Waals surface area contributed by atoms with E-state index in [4.69, 9.17) is 16.0 Å². The summed E-state index contributed by atoms with van der Waals surface area (Å²) in [6, 6.07) is 7.72. The number of rotatable bonds is 5. The monoisotopic (exact) mass is 371 g/mol. The van der Waals surface area contributed by atoms with E-state index in [-0.39, 0.29) is 28.3 Å². The number of β-lactam (4-membered cyclic amide) rings is 1. The molecule has 23 heavy (non-hydrogen) atoms. The number of carbonyl (C=O) groups excluding carboxylic acids is 1. The fourth-order valence-electron chi connectivity index (χ4n) is 2.32. The van der Waals surface area contributed by atoms with Crippen LogP contribution in [-0.2, 0) is 9.22 Å². The van der Waals surface area contributed by atoms with Crippen molar-refractivity contribution in [1.82, 2.24) is 5.32 Å². The summed E-state index contributed by atoms with van der Waals surface area (Å²) in [7, 11) is -1.89. The van der Waals surface area contributed by atoms with Gasteiger partial charge in [-0.25, -0.2) is 0 Å². The quantitative estimate of drug-likeness (QED) is 0.590. The van der Waals surface area contributed by atoms with Crippen molar-refractivity contribution in [2.45, 2.75) is 62.2 Å². The standard InChI is InChI=1S/C17H26ClNO2SSi/c1-11(21-23(5,6)17(2,3)4)14-15(20)19-16(14)22-13-10-8-7-9-12(13)18/h7-11,14,16H,1-6H3,(H,19,20)/t11-,14+,16-/m1/s1. The van der Waals surface area contributed by atoms with Crippen LogP contribution in [-0.4, -0.2) is 25.7 Å². The van der Waals surface area contributed by atoms with Crippen molar-refractivity contribution in [3.63, 3.8) is 0 Å². The van der Waals surface area contributed by atoms with Crippen LogP contribution in [0.2, 0.25) is 23.2 Å². The van der Waals surface area contributed by atoms with Crippen LogP contribution in [0.15, 0.2) is 29.2 Å². The third-order valence-corrected chi connectivity index (χ3v) is 11.1. The lowest BCUT2D eigenvalue weighted by atomic mass is 9.96. The molecule has 1 aliphatic rings. The molecule has 1 saturated heterocycles. The number of thioether (sulfide) groups is 1. The van der Waals surface area contributed by atoms with Crippen molar-refractivity contribution in [1.29, 1.82) is 0 Å². The largest absolute Gasteiger partial charge is 0.413 e. The fourth-order valence-corrected chi connectivity index (χ4v) is 5.30. The van der Waals surface area contributed by atoms with E-state index in [2.05, 4.69) is 39.2 Å². The van der Waals surface area contributed by atoms with Crippen molar-refractivity contribution in [2.75, 3.05) is 0 Å². The fraction of sp³-hybridized carbons (Fsp3) is 0.588. The second kappa shape index (κ2) is 6.79. The average Bonchev–Trinajstić information content (AvgIpc) is 2.38. The summed E-state index contributed by atoms with van der Waals surface area (Å²) in [5.74, 6) is -0.0637. The zero-order valence-electron chi connectivity index (χ0n) is 14.6. The van der Waals surface area contributed by atoms with Crippen LogP contribution in [0.4, 0.5) is 0 Å². The topological polar surface area (TPSA) is 38.3 Å². The molecule has 128 valence electrons. The first-order chi connectivity index (χ1) is 10.5. The number of hydrogen-bond acceptors (Lipinski definition) is 3. The second-order valence-corrected chi connectivity index (χ2v) is 13.9. The molecule has 2 rings (SSSR count). The molecule has 1 heterocycles. The highest BCUT2D eigenvalue weighted by molar-refractivity contribution is 8.00. The first kappa shape index (κ1) is 18.8. The van der Waals surface area contributed by atoms with Crippen LogP contribution in [0.3, 0.4) is 0 Å². The molecule has 0 unspecified atom stereocenters. The maximum atomic E-state index is 12.1. The first-order valence-electron chi connectivity index (χ1n) is 7.92. The molecule has 0 aromatic heterocycles. The molecule has 0 aliphatic carbocycles. The average molecular weight is 372 g/mol. The van der Waals surface area contributed by atoms with E-state index in [1.54, 1.807) is 11.8 Å². The third kappa shape index (κ3) is 4.13. The number of benzene rings is 1. The normalized spacial score (nSPS) is 23.2. The van der Waals surface area contributed by atoms with Crippen molar-refractivity contribution in [3.8, 4) is 0 Å². The summed E-state index contributed by atoms with van der Waals surface area (Å²) in [5, 5.41) is 3.84. The van der Waals surface area contributed by atoms with E-state index in [0.29, 0.717) is 0 Å². The Morgan fingerprint density at radius 3 is 2.43 bits per heavy atom. The van der Waals surface area contributed by atoms with Gasteiger partial charge in [0.05, 0.1) is 22.4 Å². The van der Waals surface area contributed by atoms with Crippen LogP contribution in [0.1, 0.15) is 27.7 Å². The molecule has 1 aliphatic heterocycles. The van der Waals surface area contributed by atoms with Gasteiger partial charge in [0.1, 0.15) is 0 Å². The van der Waals surface area contributed by atoms with Gasteiger partial charge in [-0.2, -0.15) is 0 Å². The molecule has 3 nitrogen and oxygen atoms in total. The molecular weight excluding hydrogens is 346 g/mol. The number of carbonyl (C=O) groups is 1. The lowest BCUT2D eigenvalue weighted by Gasteiger charge is -2.45. The van der Waals surface area contributed by atoms with Crippen LogP contribution >= 0.6 is 23.4 Å². The van der Waals surface area contributed by atoms with Gasteiger partial charge in [0.25, 0.3) is 0 Å². The Balaban J connectivity index is 2.06. The summed E-state index contributed by atoms with van der Waals surface area (Å²) < 4.78 is 6.41. The van der Waals surface area contributed by atoms with Gasteiger partial charge in [0.15, 0.2) is 8.32 Å². The maximum absolute atomic E-state index is 12.1. The summed E-state index contributed by atoms with van der Waals surface area (Å²) in [6.07, 6.45) is -0.0929. The SMILES string of the molecule is C[C@@H](O[Si](C)(C)C(C)(C)C)[C@H]1C(=O)N[C@@H]1Sc1ccccc1Cl. The van der Waals surface area contributed by atoms with Crippen LogP contribution in [0.25, 0.3) is 0 Å². The van der Waals surface area contributed by atoms with Gasteiger partial charge < -0.3 is 9.74 Å². The third-order valence-electron chi connectivity index (χ3n) is 4.80. The van der Waals surface area contributed by atoms with Crippen LogP contribution < -0.4 is 5.32 Å². The summed E-state index contributed by atoms with van der Waals surface area (Å²) in [5.41, 5.74) is 0. The lowest BCUT2D eigenvalue weighted by molar-refractivity contribution is -0.136. The molecule has 1 fully saturated rings. The summed E-state index contributed by atoms with van der Waals surface area (Å²) >= 11 is 7.82. The van der Waals surface area contributed by atoms with Gasteiger partial charge in [-0.05, 0) is 37.2 Å². The van der Waals surface area contributed by atoms with Gasteiger partial charge in [-0.3, -0.25) is 4.79 Å². The Labute approximate surface area is 149 Å². The van der Waals surface area contributed by atoms with Gasteiger partial charge in [-0.15, -0.1) is 0 Å². The number of nitrogens with one attached hydrogen (secondary N) is 1. The van der Waals surface area contributed by atoms with Gasteiger partial charge >= 0.3 is 0 Å². The molecule has 1 aromatic carbocycles. The van der Waals surface area contributed by atoms with E-state index in [1.807, 2.05) is 31.2 Å².